The molecule has 0 atom stereocenters. The van der Waals surface area contributed by atoms with Gasteiger partial charge in [0.15, 0.2) is 0 Å². The van der Waals surface area contributed by atoms with Crippen LogP contribution in [-0.2, 0) is 0 Å². The number of hydrogen-bond acceptors (Lipinski definition) is 3. The Morgan fingerprint density at radius 2 is 2.25 bits per heavy atom. The first-order valence-corrected chi connectivity index (χ1v) is 5.10. The molecule has 0 N–H and O–H groups in total. The standard InChI is InChI=1S/C12H15FN2O/c1-15(8-4-3-7-14)11-9-10(13)5-6-12(11)16-2/h5-6,9H,3-4,8H2,1-2H3. The average Bonchev–Trinajstić information content (AvgIpc) is 2.29. The lowest BCUT2D eigenvalue weighted by Gasteiger charge is -2.21. The van der Waals surface area contributed by atoms with Gasteiger partial charge in [0.2, 0.25) is 0 Å². The highest BCUT2D eigenvalue weighted by Gasteiger charge is 2.08. The smallest absolute Gasteiger partial charge is 0.142 e. The Kier molecular flexibility index (Phi) is 4.59. The second kappa shape index (κ2) is 5.96. The number of nitriles is 1. The number of unbranched alkanes of at least 4 members (excludes halogenated alkanes) is 1. The van der Waals surface area contributed by atoms with Crippen LogP contribution in [-0.4, -0.2) is 20.7 Å². The van der Waals surface area contributed by atoms with E-state index in [4.69, 9.17) is 10.00 Å². The van der Waals surface area contributed by atoms with Crippen LogP contribution in [0.4, 0.5) is 10.1 Å². The summed E-state index contributed by atoms with van der Waals surface area (Å²) in [6.45, 7) is 0.702. The summed E-state index contributed by atoms with van der Waals surface area (Å²) in [5.41, 5.74) is 0.709. The van der Waals surface area contributed by atoms with Crippen molar-refractivity contribution in [3.63, 3.8) is 0 Å². The van der Waals surface area contributed by atoms with Gasteiger partial charge in [0, 0.05) is 26.1 Å². The van der Waals surface area contributed by atoms with Crippen LogP contribution < -0.4 is 9.64 Å². The van der Waals surface area contributed by atoms with Gasteiger partial charge >= 0.3 is 0 Å². The topological polar surface area (TPSA) is 36.3 Å². The summed E-state index contributed by atoms with van der Waals surface area (Å²) in [5.74, 6) is 0.351. The van der Waals surface area contributed by atoms with E-state index in [2.05, 4.69) is 6.07 Å². The van der Waals surface area contributed by atoms with Crippen molar-refractivity contribution in [2.45, 2.75) is 12.8 Å². The van der Waals surface area contributed by atoms with Crippen LogP contribution in [0.3, 0.4) is 0 Å². The molecule has 0 heterocycles. The Morgan fingerprint density at radius 1 is 1.50 bits per heavy atom. The molecule has 0 aliphatic rings. The third-order valence-corrected chi connectivity index (χ3v) is 2.33. The van der Waals surface area contributed by atoms with E-state index < -0.39 is 0 Å². The van der Waals surface area contributed by atoms with Gasteiger partial charge in [-0.2, -0.15) is 5.26 Å². The maximum atomic E-state index is 13.1. The summed E-state index contributed by atoms with van der Waals surface area (Å²) in [7, 11) is 3.41. The van der Waals surface area contributed by atoms with E-state index in [-0.39, 0.29) is 5.82 Å². The minimum absolute atomic E-state index is 0.289. The predicted octanol–water partition coefficient (Wildman–Crippen LogP) is 2.57. The number of hydrogen-bond donors (Lipinski definition) is 0. The molecule has 1 rings (SSSR count). The molecule has 0 bridgehead atoms. The number of nitrogens with zero attached hydrogens (tertiary/aromatic N) is 2. The molecule has 86 valence electrons. The van der Waals surface area contributed by atoms with Crippen LogP contribution in [0.1, 0.15) is 12.8 Å². The molecular formula is C12H15FN2O. The second-order valence-corrected chi connectivity index (χ2v) is 3.50. The fraction of sp³-hybridized carbons (Fsp3) is 0.417. The molecule has 1 aromatic rings. The minimum atomic E-state index is -0.289. The first kappa shape index (κ1) is 12.3. The summed E-state index contributed by atoms with van der Waals surface area (Å²) in [6.07, 6.45) is 1.26. The van der Waals surface area contributed by atoms with Crippen molar-refractivity contribution in [3.8, 4) is 11.8 Å². The summed E-state index contributed by atoms with van der Waals surface area (Å²) >= 11 is 0. The van der Waals surface area contributed by atoms with Gasteiger partial charge in [-0.15, -0.1) is 0 Å². The number of benzene rings is 1. The van der Waals surface area contributed by atoms with Gasteiger partial charge in [-0.05, 0) is 18.6 Å². The lowest BCUT2D eigenvalue weighted by atomic mass is 10.2. The van der Waals surface area contributed by atoms with Crippen LogP contribution >= 0.6 is 0 Å². The number of ether oxygens (including phenoxy) is 1. The van der Waals surface area contributed by atoms with E-state index in [0.29, 0.717) is 24.4 Å². The van der Waals surface area contributed by atoms with E-state index in [1.165, 1.54) is 12.1 Å². The van der Waals surface area contributed by atoms with E-state index >= 15 is 0 Å². The number of halogens is 1. The molecule has 0 aliphatic carbocycles. The zero-order valence-corrected chi connectivity index (χ0v) is 9.53. The Bertz CT molecular complexity index is 387. The van der Waals surface area contributed by atoms with Crippen molar-refractivity contribution in [2.24, 2.45) is 0 Å². The highest BCUT2D eigenvalue weighted by molar-refractivity contribution is 5.58. The summed E-state index contributed by atoms with van der Waals surface area (Å²) < 4.78 is 18.3. The molecule has 16 heavy (non-hydrogen) atoms. The van der Waals surface area contributed by atoms with Crippen LogP contribution in [0, 0.1) is 17.1 Å². The number of rotatable bonds is 5. The van der Waals surface area contributed by atoms with Gasteiger partial charge in [-0.3, -0.25) is 0 Å². The Labute approximate surface area is 95.1 Å². The Morgan fingerprint density at radius 3 is 2.88 bits per heavy atom. The largest absolute Gasteiger partial charge is 0.495 e. The Hall–Kier alpha value is -1.76. The zero-order chi connectivity index (χ0) is 12.0. The van der Waals surface area contributed by atoms with Gasteiger partial charge in [-0.25, -0.2) is 4.39 Å². The molecule has 0 saturated heterocycles. The summed E-state index contributed by atoms with van der Waals surface area (Å²) in [4.78, 5) is 1.89. The molecule has 0 aromatic heterocycles. The first-order chi connectivity index (χ1) is 7.69. The van der Waals surface area contributed by atoms with E-state index in [9.17, 15) is 4.39 Å². The average molecular weight is 222 g/mol. The monoisotopic (exact) mass is 222 g/mol. The molecular weight excluding hydrogens is 207 g/mol. The lowest BCUT2D eigenvalue weighted by molar-refractivity contribution is 0.413. The molecule has 0 radical (unpaired) electrons. The summed E-state index contributed by atoms with van der Waals surface area (Å²) in [6, 6.07) is 6.49. The second-order valence-electron chi connectivity index (χ2n) is 3.50. The van der Waals surface area contributed by atoms with Crippen molar-refractivity contribution in [3.05, 3.63) is 24.0 Å². The van der Waals surface area contributed by atoms with Crippen LogP contribution in [0.15, 0.2) is 18.2 Å². The third kappa shape index (κ3) is 3.13. The molecule has 1 aromatic carbocycles. The maximum Gasteiger partial charge on any atom is 0.142 e. The van der Waals surface area contributed by atoms with Gasteiger partial charge in [0.1, 0.15) is 11.6 Å². The van der Waals surface area contributed by atoms with Crippen molar-refractivity contribution in [2.75, 3.05) is 25.6 Å². The normalized spacial score (nSPS) is 9.62. The van der Waals surface area contributed by atoms with E-state index in [1.54, 1.807) is 13.2 Å². The van der Waals surface area contributed by atoms with Crippen molar-refractivity contribution < 1.29 is 9.13 Å². The molecule has 4 heteroatoms. The molecule has 0 saturated carbocycles. The van der Waals surface area contributed by atoms with Gasteiger partial charge in [-0.1, -0.05) is 0 Å². The molecule has 3 nitrogen and oxygen atoms in total. The SMILES string of the molecule is COc1ccc(F)cc1N(C)CCCC#N. The quantitative estimate of drug-likeness (QED) is 0.718. The van der Waals surface area contributed by atoms with Crippen molar-refractivity contribution in [1.82, 2.24) is 0 Å². The number of methoxy groups -OCH3 is 1. The fourth-order valence-corrected chi connectivity index (χ4v) is 1.48. The maximum absolute atomic E-state index is 13.1. The van der Waals surface area contributed by atoms with Crippen LogP contribution in [0.25, 0.3) is 0 Å². The minimum Gasteiger partial charge on any atom is -0.495 e. The van der Waals surface area contributed by atoms with E-state index in [1.807, 2.05) is 11.9 Å². The van der Waals surface area contributed by atoms with Crippen LogP contribution in [0.2, 0.25) is 0 Å². The predicted molar refractivity (Wildman–Crippen MR) is 61.1 cm³/mol. The van der Waals surface area contributed by atoms with Crippen LogP contribution in [0.5, 0.6) is 5.75 Å². The molecule has 0 fully saturated rings. The fourth-order valence-electron chi connectivity index (χ4n) is 1.48. The molecule has 0 spiro atoms. The summed E-state index contributed by atoms with van der Waals surface area (Å²) in [5, 5.41) is 8.44. The number of anilines is 1. The van der Waals surface area contributed by atoms with Crippen molar-refractivity contribution >= 4 is 5.69 Å². The van der Waals surface area contributed by atoms with Crippen molar-refractivity contribution in [1.29, 1.82) is 5.26 Å². The Balaban J connectivity index is 2.77. The molecule has 0 aliphatic heterocycles. The first-order valence-electron chi connectivity index (χ1n) is 5.10. The third-order valence-electron chi connectivity index (χ3n) is 2.33. The molecule has 0 unspecified atom stereocenters. The lowest BCUT2D eigenvalue weighted by Crippen LogP contribution is -2.19. The van der Waals surface area contributed by atoms with E-state index in [0.717, 1.165) is 6.42 Å². The highest BCUT2D eigenvalue weighted by Crippen LogP contribution is 2.28. The molecule has 0 amide bonds. The highest BCUT2D eigenvalue weighted by atomic mass is 19.1. The van der Waals surface area contributed by atoms with Gasteiger partial charge < -0.3 is 9.64 Å². The van der Waals surface area contributed by atoms with Gasteiger partial charge in [0.05, 0.1) is 18.9 Å². The van der Waals surface area contributed by atoms with Gasteiger partial charge in [0.25, 0.3) is 0 Å². The zero-order valence-electron chi connectivity index (χ0n) is 9.53.